The Labute approximate surface area is 115 Å². The molecular formula is C16H23NO2. The van der Waals surface area contributed by atoms with Gasteiger partial charge in [-0.05, 0) is 49.9 Å². The molecule has 0 radical (unpaired) electrons. The molecule has 2 heterocycles. The van der Waals surface area contributed by atoms with Crippen molar-refractivity contribution in [2.24, 2.45) is 5.92 Å². The summed E-state index contributed by atoms with van der Waals surface area (Å²) < 4.78 is 5.91. The Morgan fingerprint density at radius 2 is 2.26 bits per heavy atom. The van der Waals surface area contributed by atoms with Crippen LogP contribution in [-0.2, 0) is 13.0 Å². The number of aliphatic hydroxyl groups is 1. The number of likely N-dealkylation sites (tertiary alicyclic amines) is 1. The SMILES string of the molecule is CC1(C)Cc2cc(CN3CCC(CO)C3)ccc2O1. The van der Waals surface area contributed by atoms with Crippen LogP contribution in [0, 0.1) is 5.92 Å². The predicted molar refractivity (Wildman–Crippen MR) is 75.3 cm³/mol. The molecule has 3 rings (SSSR count). The van der Waals surface area contributed by atoms with Crippen molar-refractivity contribution >= 4 is 0 Å². The van der Waals surface area contributed by atoms with Crippen molar-refractivity contribution in [1.29, 1.82) is 0 Å². The summed E-state index contributed by atoms with van der Waals surface area (Å²) in [7, 11) is 0. The molecule has 1 fully saturated rings. The van der Waals surface area contributed by atoms with Crippen LogP contribution in [0.4, 0.5) is 0 Å². The lowest BCUT2D eigenvalue weighted by molar-refractivity contribution is 0.138. The van der Waals surface area contributed by atoms with E-state index in [0.717, 1.165) is 38.2 Å². The lowest BCUT2D eigenvalue weighted by atomic mass is 10.00. The van der Waals surface area contributed by atoms with E-state index in [2.05, 4.69) is 36.9 Å². The van der Waals surface area contributed by atoms with Gasteiger partial charge in [0.1, 0.15) is 11.4 Å². The highest BCUT2D eigenvalue weighted by Gasteiger charge is 2.30. The van der Waals surface area contributed by atoms with Crippen molar-refractivity contribution in [3.05, 3.63) is 29.3 Å². The topological polar surface area (TPSA) is 32.7 Å². The Morgan fingerprint density at radius 1 is 1.42 bits per heavy atom. The van der Waals surface area contributed by atoms with Gasteiger partial charge in [0.05, 0.1) is 0 Å². The summed E-state index contributed by atoms with van der Waals surface area (Å²) >= 11 is 0. The minimum atomic E-state index is -0.0589. The molecule has 3 heteroatoms. The van der Waals surface area contributed by atoms with E-state index in [0.29, 0.717) is 12.5 Å². The first-order chi connectivity index (χ1) is 9.05. The molecule has 1 atom stereocenters. The minimum Gasteiger partial charge on any atom is -0.487 e. The predicted octanol–water partition coefficient (Wildman–Crippen LogP) is 2.21. The molecule has 0 amide bonds. The molecule has 1 unspecified atom stereocenters. The zero-order valence-corrected chi connectivity index (χ0v) is 11.9. The molecule has 1 aromatic rings. The number of benzene rings is 1. The first-order valence-corrected chi connectivity index (χ1v) is 7.20. The summed E-state index contributed by atoms with van der Waals surface area (Å²) in [6, 6.07) is 6.57. The van der Waals surface area contributed by atoms with Crippen molar-refractivity contribution in [2.45, 2.75) is 38.8 Å². The van der Waals surface area contributed by atoms with Gasteiger partial charge in [0.2, 0.25) is 0 Å². The number of fused-ring (bicyclic) bond motifs is 1. The average molecular weight is 261 g/mol. The first-order valence-electron chi connectivity index (χ1n) is 7.20. The highest BCUT2D eigenvalue weighted by Crippen LogP contribution is 2.35. The van der Waals surface area contributed by atoms with Gasteiger partial charge in [0, 0.05) is 26.1 Å². The van der Waals surface area contributed by atoms with Gasteiger partial charge in [-0.15, -0.1) is 0 Å². The van der Waals surface area contributed by atoms with Crippen LogP contribution in [0.2, 0.25) is 0 Å². The molecule has 104 valence electrons. The van der Waals surface area contributed by atoms with Crippen LogP contribution in [0.3, 0.4) is 0 Å². The van der Waals surface area contributed by atoms with Crippen LogP contribution >= 0.6 is 0 Å². The Balaban J connectivity index is 1.68. The van der Waals surface area contributed by atoms with Gasteiger partial charge in [-0.1, -0.05) is 12.1 Å². The summed E-state index contributed by atoms with van der Waals surface area (Å²) in [4.78, 5) is 2.43. The molecule has 0 aromatic heterocycles. The maximum atomic E-state index is 9.19. The maximum Gasteiger partial charge on any atom is 0.123 e. The Bertz CT molecular complexity index is 470. The van der Waals surface area contributed by atoms with Crippen LogP contribution in [0.25, 0.3) is 0 Å². The maximum absolute atomic E-state index is 9.19. The first kappa shape index (κ1) is 12.9. The van der Waals surface area contributed by atoms with Gasteiger partial charge in [0.15, 0.2) is 0 Å². The quantitative estimate of drug-likeness (QED) is 0.905. The number of rotatable bonds is 3. The third-order valence-corrected chi connectivity index (χ3v) is 4.16. The zero-order valence-electron chi connectivity index (χ0n) is 11.9. The summed E-state index contributed by atoms with van der Waals surface area (Å²) in [5.41, 5.74) is 2.63. The van der Waals surface area contributed by atoms with Crippen LogP contribution in [0.5, 0.6) is 5.75 Å². The van der Waals surface area contributed by atoms with E-state index in [9.17, 15) is 5.11 Å². The van der Waals surface area contributed by atoms with Gasteiger partial charge in [-0.3, -0.25) is 4.90 Å². The van der Waals surface area contributed by atoms with Crippen molar-refractivity contribution < 1.29 is 9.84 Å². The molecule has 3 nitrogen and oxygen atoms in total. The Morgan fingerprint density at radius 3 is 3.00 bits per heavy atom. The molecule has 2 aliphatic rings. The normalized spacial score (nSPS) is 25.3. The van der Waals surface area contributed by atoms with Gasteiger partial charge in [-0.25, -0.2) is 0 Å². The number of hydrogen-bond donors (Lipinski definition) is 1. The summed E-state index contributed by atoms with van der Waals surface area (Å²) in [5, 5.41) is 9.19. The number of hydrogen-bond acceptors (Lipinski definition) is 3. The molecule has 0 spiro atoms. The molecular weight excluding hydrogens is 238 g/mol. The summed E-state index contributed by atoms with van der Waals surface area (Å²) in [6.45, 7) is 7.71. The van der Waals surface area contributed by atoms with Crippen molar-refractivity contribution in [1.82, 2.24) is 4.90 Å². The minimum absolute atomic E-state index is 0.0589. The molecule has 1 saturated heterocycles. The van der Waals surface area contributed by atoms with E-state index in [4.69, 9.17) is 4.74 Å². The molecule has 19 heavy (non-hydrogen) atoms. The van der Waals surface area contributed by atoms with Crippen molar-refractivity contribution in [3.63, 3.8) is 0 Å². The lowest BCUT2D eigenvalue weighted by Gasteiger charge is -2.16. The second-order valence-electron chi connectivity index (χ2n) is 6.55. The second-order valence-corrected chi connectivity index (χ2v) is 6.55. The van der Waals surface area contributed by atoms with E-state index >= 15 is 0 Å². The number of aliphatic hydroxyl groups excluding tert-OH is 1. The fraction of sp³-hybridized carbons (Fsp3) is 0.625. The van der Waals surface area contributed by atoms with E-state index < -0.39 is 0 Å². The van der Waals surface area contributed by atoms with E-state index in [1.54, 1.807) is 0 Å². The van der Waals surface area contributed by atoms with Crippen LogP contribution in [-0.4, -0.2) is 35.3 Å². The largest absolute Gasteiger partial charge is 0.487 e. The third kappa shape index (κ3) is 2.77. The van der Waals surface area contributed by atoms with Crippen molar-refractivity contribution in [2.75, 3.05) is 19.7 Å². The van der Waals surface area contributed by atoms with Gasteiger partial charge in [0.25, 0.3) is 0 Å². The highest BCUT2D eigenvalue weighted by molar-refractivity contribution is 5.41. The van der Waals surface area contributed by atoms with Crippen LogP contribution < -0.4 is 4.74 Å². The molecule has 0 bridgehead atoms. The van der Waals surface area contributed by atoms with Crippen LogP contribution in [0.1, 0.15) is 31.4 Å². The summed E-state index contributed by atoms with van der Waals surface area (Å²) in [6.07, 6.45) is 2.12. The third-order valence-electron chi connectivity index (χ3n) is 4.16. The molecule has 0 saturated carbocycles. The molecule has 1 N–H and O–H groups in total. The molecule has 1 aromatic carbocycles. The molecule has 0 aliphatic carbocycles. The standard InChI is InChI=1S/C16H23NO2/c1-16(2)8-14-7-12(3-4-15(14)19-16)9-17-6-5-13(10-17)11-18/h3-4,7,13,18H,5-6,8-11H2,1-2H3. The van der Waals surface area contributed by atoms with E-state index in [1.807, 2.05) is 0 Å². The highest BCUT2D eigenvalue weighted by atomic mass is 16.5. The molecule has 2 aliphatic heterocycles. The van der Waals surface area contributed by atoms with Gasteiger partial charge >= 0.3 is 0 Å². The smallest absolute Gasteiger partial charge is 0.123 e. The fourth-order valence-corrected chi connectivity index (χ4v) is 3.22. The van der Waals surface area contributed by atoms with E-state index in [-0.39, 0.29) is 5.60 Å². The number of ether oxygens (including phenoxy) is 1. The fourth-order valence-electron chi connectivity index (χ4n) is 3.22. The van der Waals surface area contributed by atoms with Gasteiger partial charge < -0.3 is 9.84 Å². The lowest BCUT2D eigenvalue weighted by Crippen LogP contribution is -2.24. The average Bonchev–Trinajstić information content (AvgIpc) is 2.91. The monoisotopic (exact) mass is 261 g/mol. The van der Waals surface area contributed by atoms with Gasteiger partial charge in [-0.2, -0.15) is 0 Å². The van der Waals surface area contributed by atoms with Crippen LogP contribution in [0.15, 0.2) is 18.2 Å². The zero-order chi connectivity index (χ0) is 13.5. The van der Waals surface area contributed by atoms with E-state index in [1.165, 1.54) is 11.1 Å². The summed E-state index contributed by atoms with van der Waals surface area (Å²) in [5.74, 6) is 1.51. The second kappa shape index (κ2) is 4.80. The Kier molecular flexibility index (Phi) is 3.27. The number of nitrogens with zero attached hydrogens (tertiary/aromatic N) is 1. The Hall–Kier alpha value is -1.06. The van der Waals surface area contributed by atoms with Crippen molar-refractivity contribution in [3.8, 4) is 5.75 Å².